The Morgan fingerprint density at radius 1 is 1.19 bits per heavy atom. The monoisotopic (exact) mass is 306 g/mol. The average molecular weight is 306 g/mol. The number of H-pyrrole nitrogens is 1. The van der Waals surface area contributed by atoms with E-state index in [0.29, 0.717) is 0 Å². The highest BCUT2D eigenvalue weighted by atomic mass is 32.2. The fourth-order valence-electron chi connectivity index (χ4n) is 2.02. The van der Waals surface area contributed by atoms with Crippen LogP contribution in [0.3, 0.4) is 0 Å². The molecule has 21 heavy (non-hydrogen) atoms. The Balaban J connectivity index is 1.97. The number of anilines is 1. The van der Waals surface area contributed by atoms with Crippen molar-refractivity contribution in [3.63, 3.8) is 0 Å². The molecule has 0 saturated heterocycles. The number of aromatic amines is 1. The lowest BCUT2D eigenvalue weighted by molar-refractivity contribution is 0.0693. The van der Waals surface area contributed by atoms with Gasteiger partial charge in [-0.2, -0.15) is 8.42 Å². The molecule has 108 valence electrons. The summed E-state index contributed by atoms with van der Waals surface area (Å²) in [6.07, 6.45) is 2.41. The fraction of sp³-hybridized carbons (Fsp3) is 0.0833. The van der Waals surface area contributed by atoms with Gasteiger partial charge in [0.15, 0.2) is 5.03 Å². The Hall–Kier alpha value is -2.68. The van der Waals surface area contributed by atoms with Crippen LogP contribution in [-0.2, 0) is 10.0 Å². The Kier molecular flexibility index (Phi) is 2.80. The van der Waals surface area contributed by atoms with Crippen molar-refractivity contribution in [1.82, 2.24) is 14.9 Å². The third-order valence-electron chi connectivity index (χ3n) is 3.10. The summed E-state index contributed by atoms with van der Waals surface area (Å²) in [5.74, 6) is -0.865. The number of amides is 2. The molecule has 0 saturated carbocycles. The normalized spacial score (nSPS) is 14.4. The van der Waals surface area contributed by atoms with Crippen molar-refractivity contribution in [1.29, 1.82) is 0 Å². The molecule has 2 heterocycles. The van der Waals surface area contributed by atoms with Gasteiger partial charge in [0.1, 0.15) is 0 Å². The molecular weight excluding hydrogens is 296 g/mol. The summed E-state index contributed by atoms with van der Waals surface area (Å²) < 4.78 is 26.4. The zero-order valence-corrected chi connectivity index (χ0v) is 11.6. The van der Waals surface area contributed by atoms with Crippen LogP contribution >= 0.6 is 0 Å². The largest absolute Gasteiger partial charge is 0.334 e. The van der Waals surface area contributed by atoms with Gasteiger partial charge in [-0.25, -0.2) is 4.98 Å². The van der Waals surface area contributed by atoms with Crippen molar-refractivity contribution >= 4 is 27.5 Å². The lowest BCUT2D eigenvalue weighted by atomic mass is 10.1. The van der Waals surface area contributed by atoms with Gasteiger partial charge >= 0.3 is 0 Å². The highest BCUT2D eigenvalue weighted by Crippen LogP contribution is 2.25. The Morgan fingerprint density at radius 3 is 2.57 bits per heavy atom. The van der Waals surface area contributed by atoms with Crippen molar-refractivity contribution in [2.75, 3.05) is 11.8 Å². The summed E-state index contributed by atoms with van der Waals surface area (Å²) >= 11 is 0. The van der Waals surface area contributed by atoms with Gasteiger partial charge in [-0.15, -0.1) is 0 Å². The molecule has 2 amide bonds. The SMILES string of the molecule is CN1C(=O)c2ccc(NS(=O)(=O)c3cnc[nH]3)cc2C1=O. The van der Waals surface area contributed by atoms with Crippen LogP contribution < -0.4 is 4.72 Å². The predicted octanol–water partition coefficient (Wildman–Crippen LogP) is 0.436. The van der Waals surface area contributed by atoms with Crippen LogP contribution in [0.2, 0.25) is 0 Å². The zero-order chi connectivity index (χ0) is 15.2. The molecule has 0 unspecified atom stereocenters. The van der Waals surface area contributed by atoms with E-state index in [2.05, 4.69) is 14.7 Å². The van der Waals surface area contributed by atoms with Crippen molar-refractivity contribution in [3.8, 4) is 0 Å². The molecule has 1 aromatic carbocycles. The number of imidazole rings is 1. The molecule has 8 nitrogen and oxygen atoms in total. The summed E-state index contributed by atoms with van der Waals surface area (Å²) in [5, 5.41) is -0.0949. The quantitative estimate of drug-likeness (QED) is 0.799. The van der Waals surface area contributed by atoms with Crippen LogP contribution in [0, 0.1) is 0 Å². The number of aromatic nitrogens is 2. The van der Waals surface area contributed by atoms with Crippen LogP contribution in [-0.4, -0.2) is 42.1 Å². The summed E-state index contributed by atoms with van der Waals surface area (Å²) in [6.45, 7) is 0. The van der Waals surface area contributed by atoms with E-state index in [4.69, 9.17) is 0 Å². The molecule has 1 aromatic heterocycles. The van der Waals surface area contributed by atoms with Gasteiger partial charge in [0.2, 0.25) is 0 Å². The number of carbonyl (C=O) groups excluding carboxylic acids is 2. The minimum atomic E-state index is -3.81. The van der Waals surface area contributed by atoms with Crippen LogP contribution in [0.1, 0.15) is 20.7 Å². The molecule has 1 aliphatic rings. The van der Waals surface area contributed by atoms with Gasteiger partial charge < -0.3 is 4.98 Å². The number of benzene rings is 1. The molecule has 2 aromatic rings. The molecule has 9 heteroatoms. The molecule has 0 atom stereocenters. The Bertz CT molecular complexity index is 842. The second kappa shape index (κ2) is 4.42. The summed E-state index contributed by atoms with van der Waals surface area (Å²) in [6, 6.07) is 4.19. The first-order chi connectivity index (χ1) is 9.90. The molecule has 0 spiro atoms. The molecule has 0 aliphatic carbocycles. The van der Waals surface area contributed by atoms with Gasteiger partial charge in [-0.3, -0.25) is 19.2 Å². The lowest BCUT2D eigenvalue weighted by Crippen LogP contribution is -2.24. The number of imide groups is 1. The van der Waals surface area contributed by atoms with E-state index in [-0.39, 0.29) is 21.8 Å². The number of hydrogen-bond acceptors (Lipinski definition) is 5. The third-order valence-corrected chi connectivity index (χ3v) is 4.41. The van der Waals surface area contributed by atoms with Crippen molar-refractivity contribution in [2.24, 2.45) is 0 Å². The average Bonchev–Trinajstić information content (AvgIpc) is 3.05. The Morgan fingerprint density at radius 2 is 1.90 bits per heavy atom. The topological polar surface area (TPSA) is 112 Å². The summed E-state index contributed by atoms with van der Waals surface area (Å²) in [7, 11) is -2.44. The van der Waals surface area contributed by atoms with E-state index in [0.717, 1.165) is 11.1 Å². The Labute approximate surface area is 119 Å². The van der Waals surface area contributed by atoms with Crippen LogP contribution in [0.4, 0.5) is 5.69 Å². The number of fused-ring (bicyclic) bond motifs is 1. The van der Waals surface area contributed by atoms with Crippen LogP contribution in [0.5, 0.6) is 0 Å². The van der Waals surface area contributed by atoms with Crippen molar-refractivity contribution in [3.05, 3.63) is 41.9 Å². The summed E-state index contributed by atoms with van der Waals surface area (Å²) in [4.78, 5) is 30.7. The number of rotatable bonds is 3. The minimum absolute atomic E-state index is 0.0949. The molecule has 1 aliphatic heterocycles. The standard InChI is InChI=1S/C12H10N4O4S/c1-16-11(17)8-3-2-7(4-9(8)12(16)18)15-21(19,20)10-5-13-6-14-10/h2-6,15H,1H3,(H,13,14). The first-order valence-corrected chi connectivity index (χ1v) is 7.36. The van der Waals surface area contributed by atoms with E-state index in [1.807, 2.05) is 0 Å². The maximum atomic E-state index is 12.0. The van der Waals surface area contributed by atoms with Crippen LogP contribution in [0.15, 0.2) is 35.7 Å². The number of nitrogens with one attached hydrogen (secondary N) is 2. The van der Waals surface area contributed by atoms with Crippen molar-refractivity contribution < 1.29 is 18.0 Å². The van der Waals surface area contributed by atoms with Gasteiger partial charge in [0, 0.05) is 12.7 Å². The van der Waals surface area contributed by atoms with Gasteiger partial charge in [0.05, 0.1) is 23.7 Å². The number of nitrogens with zero attached hydrogens (tertiary/aromatic N) is 2. The van der Waals surface area contributed by atoms with E-state index in [1.165, 1.54) is 31.6 Å². The lowest BCUT2D eigenvalue weighted by Gasteiger charge is -2.06. The third kappa shape index (κ3) is 2.07. The fourth-order valence-corrected chi connectivity index (χ4v) is 2.98. The highest BCUT2D eigenvalue weighted by molar-refractivity contribution is 7.92. The van der Waals surface area contributed by atoms with E-state index < -0.39 is 21.8 Å². The predicted molar refractivity (Wildman–Crippen MR) is 72.3 cm³/mol. The van der Waals surface area contributed by atoms with Gasteiger partial charge in [0.25, 0.3) is 21.8 Å². The van der Waals surface area contributed by atoms with Crippen LogP contribution in [0.25, 0.3) is 0 Å². The first kappa shape index (κ1) is 13.3. The number of hydrogen-bond donors (Lipinski definition) is 2. The maximum absolute atomic E-state index is 12.0. The molecule has 0 bridgehead atoms. The molecule has 3 rings (SSSR count). The van der Waals surface area contributed by atoms with E-state index >= 15 is 0 Å². The molecule has 0 radical (unpaired) electrons. The smallest absolute Gasteiger partial charge is 0.278 e. The van der Waals surface area contributed by atoms with E-state index in [1.54, 1.807) is 0 Å². The van der Waals surface area contributed by atoms with Gasteiger partial charge in [-0.1, -0.05) is 0 Å². The van der Waals surface area contributed by atoms with Crippen molar-refractivity contribution in [2.45, 2.75) is 5.03 Å². The maximum Gasteiger partial charge on any atom is 0.278 e. The second-order valence-corrected chi connectivity index (χ2v) is 6.10. The number of sulfonamides is 1. The molecule has 0 fully saturated rings. The first-order valence-electron chi connectivity index (χ1n) is 5.88. The number of carbonyl (C=O) groups is 2. The molecular formula is C12H10N4O4S. The van der Waals surface area contributed by atoms with E-state index in [9.17, 15) is 18.0 Å². The van der Waals surface area contributed by atoms with Gasteiger partial charge in [-0.05, 0) is 18.2 Å². The molecule has 2 N–H and O–H groups in total. The second-order valence-electron chi connectivity index (χ2n) is 4.45. The highest BCUT2D eigenvalue weighted by Gasteiger charge is 2.33. The summed E-state index contributed by atoms with van der Waals surface area (Å²) in [5.41, 5.74) is 0.624. The zero-order valence-electron chi connectivity index (χ0n) is 10.8. The minimum Gasteiger partial charge on any atom is -0.334 e.